The van der Waals surface area contributed by atoms with Crippen molar-refractivity contribution in [2.75, 3.05) is 0 Å². The molecule has 0 fully saturated rings. The molecule has 0 nitrogen and oxygen atoms in total. The van der Waals surface area contributed by atoms with Crippen LogP contribution in [0, 0.1) is 12.8 Å². The first-order valence-corrected chi connectivity index (χ1v) is 3.64. The fraction of sp³-hybridized carbons (Fsp3) is 0.875. The normalized spacial score (nSPS) is 12.3. The average molecular weight is 161 g/mol. The molecule has 9 heavy (non-hydrogen) atoms. The summed E-state index contributed by atoms with van der Waals surface area (Å²) in [6, 6.07) is 0. The standard InChI is InChI=1S/C8H17.Ti/c1-4-6-7-8(3)5-2;/h8H,3-7H2,1-2H3;/q-1;. The molecule has 0 aromatic rings. The van der Waals surface area contributed by atoms with Gasteiger partial charge in [0.1, 0.15) is 0 Å². The van der Waals surface area contributed by atoms with Gasteiger partial charge in [-0.3, -0.25) is 0 Å². The Bertz CT molecular complexity index is 43.8. The summed E-state index contributed by atoms with van der Waals surface area (Å²) in [7, 11) is 0. The minimum absolute atomic E-state index is 0. The molecule has 0 aromatic carbocycles. The molecule has 0 amide bonds. The molecule has 0 heterocycles. The summed E-state index contributed by atoms with van der Waals surface area (Å²) in [6.07, 6.45) is 5.21. The molecule has 0 N–H and O–H groups in total. The minimum atomic E-state index is 0. The van der Waals surface area contributed by atoms with Crippen LogP contribution >= 0.6 is 0 Å². The third-order valence-corrected chi connectivity index (χ3v) is 1.54. The van der Waals surface area contributed by atoms with Crippen LogP contribution < -0.4 is 0 Å². The van der Waals surface area contributed by atoms with Crippen molar-refractivity contribution >= 4 is 0 Å². The van der Waals surface area contributed by atoms with E-state index >= 15 is 0 Å². The molecule has 0 rings (SSSR count). The van der Waals surface area contributed by atoms with E-state index in [1.54, 1.807) is 0 Å². The van der Waals surface area contributed by atoms with Gasteiger partial charge in [-0.15, -0.1) is 0 Å². The summed E-state index contributed by atoms with van der Waals surface area (Å²) in [5.74, 6) is 0.704. The van der Waals surface area contributed by atoms with Crippen LogP contribution in [0.4, 0.5) is 0 Å². The first-order chi connectivity index (χ1) is 3.81. The van der Waals surface area contributed by atoms with Crippen LogP contribution in [0.3, 0.4) is 0 Å². The predicted molar refractivity (Wildman–Crippen MR) is 38.7 cm³/mol. The van der Waals surface area contributed by atoms with Gasteiger partial charge in [-0.1, -0.05) is 39.5 Å². The molecule has 1 atom stereocenters. The van der Waals surface area contributed by atoms with Gasteiger partial charge >= 0.3 is 0 Å². The SMILES string of the molecule is [CH2-]C(CC)CCCC.[Ti]. The molecular weight excluding hydrogens is 144 g/mol. The second-order valence-corrected chi connectivity index (χ2v) is 2.42. The summed E-state index contributed by atoms with van der Waals surface area (Å²) >= 11 is 0. The summed E-state index contributed by atoms with van der Waals surface area (Å²) < 4.78 is 0. The van der Waals surface area contributed by atoms with Crippen molar-refractivity contribution in [2.45, 2.75) is 39.5 Å². The number of unbranched alkanes of at least 4 members (excludes halogenated alkanes) is 1. The van der Waals surface area contributed by atoms with Crippen LogP contribution in [-0.2, 0) is 21.7 Å². The quantitative estimate of drug-likeness (QED) is 0.439. The van der Waals surface area contributed by atoms with Crippen molar-refractivity contribution < 1.29 is 21.7 Å². The minimum Gasteiger partial charge on any atom is -0.340 e. The van der Waals surface area contributed by atoms with Gasteiger partial charge in [-0.25, -0.2) is 0 Å². The monoisotopic (exact) mass is 161 g/mol. The maximum absolute atomic E-state index is 3.99. The van der Waals surface area contributed by atoms with Gasteiger partial charge < -0.3 is 6.92 Å². The Kier molecular flexibility index (Phi) is 12.0. The van der Waals surface area contributed by atoms with Crippen LogP contribution in [0.5, 0.6) is 0 Å². The molecule has 54 valence electrons. The van der Waals surface area contributed by atoms with Crippen LogP contribution in [0.15, 0.2) is 0 Å². The molecular formula is C8H17Ti-. The molecule has 0 aliphatic rings. The van der Waals surface area contributed by atoms with Crippen molar-refractivity contribution in [3.8, 4) is 0 Å². The van der Waals surface area contributed by atoms with E-state index in [0.29, 0.717) is 5.92 Å². The maximum atomic E-state index is 3.99. The second kappa shape index (κ2) is 8.71. The van der Waals surface area contributed by atoms with Crippen molar-refractivity contribution in [2.24, 2.45) is 5.92 Å². The molecule has 0 radical (unpaired) electrons. The number of rotatable bonds is 4. The molecule has 0 bridgehead atoms. The topological polar surface area (TPSA) is 0 Å². The average Bonchev–Trinajstić information content (AvgIpc) is 1.83. The third kappa shape index (κ3) is 8.71. The molecule has 0 aliphatic heterocycles. The van der Waals surface area contributed by atoms with E-state index in [4.69, 9.17) is 0 Å². The van der Waals surface area contributed by atoms with Gasteiger partial charge in [0.05, 0.1) is 0 Å². The zero-order valence-corrected chi connectivity index (χ0v) is 8.17. The van der Waals surface area contributed by atoms with Gasteiger partial charge in [0.15, 0.2) is 0 Å². The Balaban J connectivity index is 0. The van der Waals surface area contributed by atoms with E-state index < -0.39 is 0 Å². The van der Waals surface area contributed by atoms with Crippen LogP contribution in [0.2, 0.25) is 0 Å². The van der Waals surface area contributed by atoms with E-state index in [-0.39, 0.29) is 21.7 Å². The molecule has 0 aromatic heterocycles. The summed E-state index contributed by atoms with van der Waals surface area (Å²) in [4.78, 5) is 0. The van der Waals surface area contributed by atoms with Gasteiger partial charge in [-0.05, 0) is 0 Å². The van der Waals surface area contributed by atoms with Crippen LogP contribution in [-0.4, -0.2) is 0 Å². The summed E-state index contributed by atoms with van der Waals surface area (Å²) in [6.45, 7) is 8.42. The van der Waals surface area contributed by atoms with Gasteiger partial charge in [0.25, 0.3) is 0 Å². The first kappa shape index (κ1) is 12.4. The summed E-state index contributed by atoms with van der Waals surface area (Å²) in [5, 5.41) is 0. The maximum Gasteiger partial charge on any atom is 0 e. The third-order valence-electron chi connectivity index (χ3n) is 1.54. The van der Waals surface area contributed by atoms with Crippen molar-refractivity contribution in [3.63, 3.8) is 0 Å². The molecule has 1 unspecified atom stereocenters. The Morgan fingerprint density at radius 2 is 1.89 bits per heavy atom. The van der Waals surface area contributed by atoms with E-state index in [2.05, 4.69) is 20.8 Å². The number of hydrogen-bond acceptors (Lipinski definition) is 0. The molecule has 0 aliphatic carbocycles. The van der Waals surface area contributed by atoms with E-state index in [9.17, 15) is 0 Å². The van der Waals surface area contributed by atoms with Crippen molar-refractivity contribution in [1.82, 2.24) is 0 Å². The van der Waals surface area contributed by atoms with Gasteiger partial charge in [0.2, 0.25) is 0 Å². The van der Waals surface area contributed by atoms with Crippen LogP contribution in [0.25, 0.3) is 0 Å². The fourth-order valence-corrected chi connectivity index (χ4v) is 0.697. The Hall–Kier alpha value is 0.714. The summed E-state index contributed by atoms with van der Waals surface area (Å²) in [5.41, 5.74) is 0. The van der Waals surface area contributed by atoms with E-state index in [1.807, 2.05) is 0 Å². The van der Waals surface area contributed by atoms with Crippen molar-refractivity contribution in [3.05, 3.63) is 6.92 Å². The smallest absolute Gasteiger partial charge is 0 e. The van der Waals surface area contributed by atoms with Crippen molar-refractivity contribution in [1.29, 1.82) is 0 Å². The Morgan fingerprint density at radius 3 is 2.22 bits per heavy atom. The molecule has 1 heteroatoms. The van der Waals surface area contributed by atoms with Gasteiger partial charge in [0, 0.05) is 21.7 Å². The zero-order valence-electron chi connectivity index (χ0n) is 6.61. The molecule has 0 saturated carbocycles. The molecule has 0 spiro atoms. The Labute approximate surface area is 74.3 Å². The zero-order chi connectivity index (χ0) is 6.41. The predicted octanol–water partition coefficient (Wildman–Crippen LogP) is 3.03. The molecule has 0 saturated heterocycles. The van der Waals surface area contributed by atoms with E-state index in [0.717, 1.165) is 0 Å². The van der Waals surface area contributed by atoms with Crippen LogP contribution in [0.1, 0.15) is 39.5 Å². The number of hydrogen-bond donors (Lipinski definition) is 0. The first-order valence-electron chi connectivity index (χ1n) is 3.64. The van der Waals surface area contributed by atoms with E-state index in [1.165, 1.54) is 25.7 Å². The van der Waals surface area contributed by atoms with Gasteiger partial charge in [-0.2, -0.15) is 5.92 Å². The fourth-order valence-electron chi connectivity index (χ4n) is 0.697. The second-order valence-electron chi connectivity index (χ2n) is 2.42. The largest absolute Gasteiger partial charge is 0.340 e. The Morgan fingerprint density at radius 1 is 1.33 bits per heavy atom.